The predicted octanol–water partition coefficient (Wildman–Crippen LogP) is 2.91. The van der Waals surface area contributed by atoms with Gasteiger partial charge in [0.25, 0.3) is 5.56 Å². The van der Waals surface area contributed by atoms with Crippen LogP contribution in [0.25, 0.3) is 10.9 Å². The normalized spacial score (nSPS) is 19.4. The molecule has 7 nitrogen and oxygen atoms in total. The van der Waals surface area contributed by atoms with Crippen LogP contribution in [0.15, 0.2) is 35.3 Å². The Bertz CT molecular complexity index is 1100. The van der Waals surface area contributed by atoms with Crippen LogP contribution in [0.3, 0.4) is 0 Å². The van der Waals surface area contributed by atoms with Gasteiger partial charge in [-0.3, -0.25) is 14.3 Å². The fraction of sp³-hybridized carbons (Fsp3) is 0.522. The minimum absolute atomic E-state index is 0.0256. The Morgan fingerprint density at radius 1 is 1.17 bits per heavy atom. The van der Waals surface area contributed by atoms with E-state index in [2.05, 4.69) is 9.47 Å². The monoisotopic (exact) mass is 407 g/mol. The molecule has 30 heavy (non-hydrogen) atoms. The van der Waals surface area contributed by atoms with Crippen LogP contribution in [0.4, 0.5) is 0 Å². The highest BCUT2D eigenvalue weighted by molar-refractivity contribution is 5.77. The summed E-state index contributed by atoms with van der Waals surface area (Å²) in [4.78, 5) is 25.4. The van der Waals surface area contributed by atoms with Gasteiger partial charge in [0.2, 0.25) is 0 Å². The highest BCUT2D eigenvalue weighted by atomic mass is 16.5. The van der Waals surface area contributed by atoms with Gasteiger partial charge in [-0.25, -0.2) is 9.97 Å². The number of nitrogens with zero attached hydrogens (tertiary/aromatic N) is 5. The Labute approximate surface area is 176 Å². The quantitative estimate of drug-likeness (QED) is 0.629. The number of aromatic nitrogens is 4. The van der Waals surface area contributed by atoms with E-state index in [1.807, 2.05) is 35.0 Å². The molecule has 0 bridgehead atoms. The lowest BCUT2D eigenvalue weighted by molar-refractivity contribution is 0.178. The van der Waals surface area contributed by atoms with E-state index in [4.69, 9.17) is 14.7 Å². The van der Waals surface area contributed by atoms with E-state index in [1.165, 1.54) is 18.5 Å². The molecular formula is C23H29N5O2. The molecule has 2 aliphatic rings. The first-order valence-electron chi connectivity index (χ1n) is 11.0. The predicted molar refractivity (Wildman–Crippen MR) is 115 cm³/mol. The van der Waals surface area contributed by atoms with Gasteiger partial charge in [-0.1, -0.05) is 12.1 Å². The first-order valence-corrected chi connectivity index (χ1v) is 11.0. The third kappa shape index (κ3) is 3.46. The smallest absolute Gasteiger partial charge is 0.261 e. The van der Waals surface area contributed by atoms with Crippen molar-refractivity contribution in [1.29, 1.82) is 0 Å². The van der Waals surface area contributed by atoms with E-state index < -0.39 is 0 Å². The van der Waals surface area contributed by atoms with Gasteiger partial charge < -0.3 is 9.30 Å². The maximum Gasteiger partial charge on any atom is 0.261 e. The first-order chi connectivity index (χ1) is 14.8. The van der Waals surface area contributed by atoms with Gasteiger partial charge in [-0.05, 0) is 50.8 Å². The number of fused-ring (bicyclic) bond motifs is 2. The van der Waals surface area contributed by atoms with Gasteiger partial charge in [0.15, 0.2) is 0 Å². The number of hydrogen-bond acceptors (Lipinski definition) is 5. The molecule has 5 rings (SSSR count). The molecule has 1 unspecified atom stereocenters. The molecule has 1 atom stereocenters. The highest BCUT2D eigenvalue weighted by Crippen LogP contribution is 2.33. The van der Waals surface area contributed by atoms with Crippen LogP contribution in [0.5, 0.6) is 0 Å². The lowest BCUT2D eigenvalue weighted by Crippen LogP contribution is -2.33. The maximum absolute atomic E-state index is 13.3. The van der Waals surface area contributed by atoms with E-state index in [0.29, 0.717) is 18.5 Å². The second-order valence-electron chi connectivity index (χ2n) is 8.34. The fourth-order valence-corrected chi connectivity index (χ4v) is 4.96. The molecule has 2 aliphatic heterocycles. The summed E-state index contributed by atoms with van der Waals surface area (Å²) in [5.41, 5.74) is 2.15. The summed E-state index contributed by atoms with van der Waals surface area (Å²) in [6.07, 6.45) is 7.75. The summed E-state index contributed by atoms with van der Waals surface area (Å²) in [6.45, 7) is 3.88. The lowest BCUT2D eigenvalue weighted by atomic mass is 10.1. The van der Waals surface area contributed by atoms with Gasteiger partial charge in [-0.15, -0.1) is 0 Å². The molecular weight excluding hydrogens is 378 g/mol. The van der Waals surface area contributed by atoms with Crippen molar-refractivity contribution in [3.8, 4) is 0 Å². The van der Waals surface area contributed by atoms with Crippen molar-refractivity contribution in [3.63, 3.8) is 0 Å². The highest BCUT2D eigenvalue weighted by Gasteiger charge is 2.31. The number of methoxy groups -OCH3 is 1. The van der Waals surface area contributed by atoms with Gasteiger partial charge in [0, 0.05) is 25.5 Å². The van der Waals surface area contributed by atoms with Crippen molar-refractivity contribution in [2.24, 2.45) is 0 Å². The minimum atomic E-state index is 0.0256. The second kappa shape index (κ2) is 8.32. The van der Waals surface area contributed by atoms with E-state index in [1.54, 1.807) is 7.11 Å². The summed E-state index contributed by atoms with van der Waals surface area (Å²) >= 11 is 0. The van der Waals surface area contributed by atoms with Crippen LogP contribution in [0, 0.1) is 0 Å². The zero-order valence-corrected chi connectivity index (χ0v) is 17.6. The number of benzene rings is 1. The molecule has 7 heteroatoms. The van der Waals surface area contributed by atoms with Crippen molar-refractivity contribution < 1.29 is 4.74 Å². The molecule has 2 aromatic heterocycles. The van der Waals surface area contributed by atoms with Gasteiger partial charge in [0.05, 0.1) is 36.6 Å². The molecule has 0 N–H and O–H groups in total. The third-order valence-electron chi connectivity index (χ3n) is 6.50. The maximum atomic E-state index is 13.3. The Hall–Kier alpha value is -2.51. The molecule has 0 radical (unpaired) electrons. The van der Waals surface area contributed by atoms with Crippen molar-refractivity contribution >= 4 is 10.9 Å². The zero-order chi connectivity index (χ0) is 20.5. The van der Waals surface area contributed by atoms with Crippen LogP contribution in [-0.2, 0) is 30.8 Å². The molecule has 158 valence electrons. The summed E-state index contributed by atoms with van der Waals surface area (Å²) in [5.74, 6) is 2.00. The van der Waals surface area contributed by atoms with E-state index in [9.17, 15) is 4.79 Å². The van der Waals surface area contributed by atoms with Crippen LogP contribution >= 0.6 is 0 Å². The molecule has 1 fully saturated rings. The van der Waals surface area contributed by atoms with Crippen molar-refractivity contribution in [2.45, 2.75) is 57.8 Å². The van der Waals surface area contributed by atoms with E-state index in [0.717, 1.165) is 56.1 Å². The molecule has 4 heterocycles. The molecule has 0 aliphatic carbocycles. The van der Waals surface area contributed by atoms with Crippen LogP contribution in [0.2, 0.25) is 0 Å². The number of imidazole rings is 1. The van der Waals surface area contributed by atoms with Gasteiger partial charge >= 0.3 is 0 Å². The average Bonchev–Trinajstić information content (AvgIpc) is 3.41. The van der Waals surface area contributed by atoms with Crippen molar-refractivity contribution in [2.75, 3.05) is 20.3 Å². The van der Waals surface area contributed by atoms with Gasteiger partial charge in [-0.2, -0.15) is 0 Å². The Balaban J connectivity index is 1.52. The van der Waals surface area contributed by atoms with Crippen LogP contribution < -0.4 is 5.56 Å². The summed E-state index contributed by atoms with van der Waals surface area (Å²) in [6, 6.07) is 7.76. The standard InChI is InChI=1S/C23H29N5O2/c1-30-14-13-28-22(25-19-9-3-2-8-18(19)23(28)29)20-10-6-11-26(20)16-21-24-15-17-7-4-5-12-27(17)21/h2-3,8-9,15,20H,4-7,10-14,16H2,1H3. The Morgan fingerprint density at radius 3 is 2.97 bits per heavy atom. The van der Waals surface area contributed by atoms with Crippen LogP contribution in [-0.4, -0.2) is 44.3 Å². The van der Waals surface area contributed by atoms with Crippen molar-refractivity contribution in [1.82, 2.24) is 24.0 Å². The molecule has 1 saturated heterocycles. The number of rotatable bonds is 6. The van der Waals surface area contributed by atoms with Crippen molar-refractivity contribution in [3.05, 3.63) is 58.2 Å². The van der Waals surface area contributed by atoms with E-state index >= 15 is 0 Å². The fourth-order valence-electron chi connectivity index (χ4n) is 4.96. The summed E-state index contributed by atoms with van der Waals surface area (Å²) in [5, 5.41) is 0.671. The number of likely N-dealkylation sites (tertiary alicyclic amines) is 1. The van der Waals surface area contributed by atoms with Gasteiger partial charge in [0.1, 0.15) is 11.6 Å². The molecule has 0 amide bonds. The molecule has 3 aromatic rings. The second-order valence-corrected chi connectivity index (χ2v) is 8.34. The largest absolute Gasteiger partial charge is 0.383 e. The lowest BCUT2D eigenvalue weighted by Gasteiger charge is -2.27. The molecule has 0 spiro atoms. The number of hydrogen-bond donors (Lipinski definition) is 0. The first kappa shape index (κ1) is 19.5. The topological polar surface area (TPSA) is 65.2 Å². The molecule has 1 aromatic carbocycles. The third-order valence-corrected chi connectivity index (χ3v) is 6.50. The summed E-state index contributed by atoms with van der Waals surface area (Å²) < 4.78 is 9.51. The Kier molecular flexibility index (Phi) is 5.39. The summed E-state index contributed by atoms with van der Waals surface area (Å²) in [7, 11) is 1.67. The zero-order valence-electron chi connectivity index (χ0n) is 17.6. The number of ether oxygens (including phenoxy) is 1. The molecule has 0 saturated carbocycles. The SMILES string of the molecule is COCCn1c(C2CCCN2Cc2ncc3n2CCCC3)nc2ccccc2c1=O. The minimum Gasteiger partial charge on any atom is -0.383 e. The van der Waals surface area contributed by atoms with E-state index in [-0.39, 0.29) is 11.6 Å². The average molecular weight is 408 g/mol. The Morgan fingerprint density at radius 2 is 2.07 bits per heavy atom. The number of aryl methyl sites for hydroxylation is 1. The van der Waals surface area contributed by atoms with Crippen LogP contribution in [0.1, 0.15) is 49.1 Å². The number of para-hydroxylation sites is 1.